The van der Waals surface area contributed by atoms with Gasteiger partial charge in [0.1, 0.15) is 11.5 Å². The molecule has 3 rings (SSSR count). The van der Waals surface area contributed by atoms with E-state index in [9.17, 15) is 14.4 Å². The van der Waals surface area contributed by atoms with Crippen LogP contribution in [0.25, 0.3) is 10.8 Å². The first-order chi connectivity index (χ1) is 14.4. The van der Waals surface area contributed by atoms with Crippen LogP contribution in [0.2, 0.25) is 0 Å². The molecule has 1 unspecified atom stereocenters. The van der Waals surface area contributed by atoms with Crippen molar-refractivity contribution in [1.29, 1.82) is 0 Å². The SMILES string of the molecule is CC1CC(=O)NC1=O.CCCCCCCOc1ccc2cc(OC(=O)O)ccc2c1. The summed E-state index contributed by atoms with van der Waals surface area (Å²) in [4.78, 5) is 31.3. The van der Waals surface area contributed by atoms with E-state index in [-0.39, 0.29) is 17.7 Å². The van der Waals surface area contributed by atoms with E-state index in [0.29, 0.717) is 12.2 Å². The van der Waals surface area contributed by atoms with Gasteiger partial charge in [0.2, 0.25) is 11.8 Å². The highest BCUT2D eigenvalue weighted by Gasteiger charge is 2.25. The van der Waals surface area contributed by atoms with Crippen LogP contribution in [-0.4, -0.2) is 29.7 Å². The van der Waals surface area contributed by atoms with E-state index in [1.54, 1.807) is 19.1 Å². The van der Waals surface area contributed by atoms with Crippen LogP contribution < -0.4 is 14.8 Å². The number of ether oxygens (including phenoxy) is 2. The normalized spacial score (nSPS) is 15.3. The van der Waals surface area contributed by atoms with Gasteiger partial charge in [-0.25, -0.2) is 4.79 Å². The Kier molecular flexibility index (Phi) is 9.12. The second-order valence-corrected chi connectivity index (χ2v) is 7.32. The third kappa shape index (κ3) is 7.73. The summed E-state index contributed by atoms with van der Waals surface area (Å²) in [7, 11) is 0. The van der Waals surface area contributed by atoms with Gasteiger partial charge in [-0.2, -0.15) is 0 Å². The molecule has 1 atom stereocenters. The van der Waals surface area contributed by atoms with Gasteiger partial charge in [0.15, 0.2) is 0 Å². The molecule has 162 valence electrons. The lowest BCUT2D eigenvalue weighted by Crippen LogP contribution is -2.20. The molecule has 0 aromatic heterocycles. The first kappa shape index (κ1) is 23.2. The fraction of sp³-hybridized carbons (Fsp3) is 0.435. The average molecular weight is 415 g/mol. The number of hydrogen-bond acceptors (Lipinski definition) is 5. The number of imide groups is 1. The molecule has 0 bridgehead atoms. The Morgan fingerprint density at radius 2 is 1.67 bits per heavy atom. The molecular weight excluding hydrogens is 386 g/mol. The van der Waals surface area contributed by atoms with Crippen LogP contribution in [0.4, 0.5) is 4.79 Å². The maximum absolute atomic E-state index is 10.5. The lowest BCUT2D eigenvalue weighted by Gasteiger charge is -2.08. The van der Waals surface area contributed by atoms with Crippen molar-refractivity contribution in [2.24, 2.45) is 5.92 Å². The minimum atomic E-state index is -1.30. The summed E-state index contributed by atoms with van der Waals surface area (Å²) in [6.07, 6.45) is 5.14. The van der Waals surface area contributed by atoms with Gasteiger partial charge in [0, 0.05) is 12.3 Å². The fourth-order valence-electron chi connectivity index (χ4n) is 3.03. The Morgan fingerprint density at radius 3 is 2.20 bits per heavy atom. The van der Waals surface area contributed by atoms with Gasteiger partial charge in [0.05, 0.1) is 6.61 Å². The van der Waals surface area contributed by atoms with E-state index in [1.165, 1.54) is 25.7 Å². The standard InChI is InChI=1S/C18H22O4.C5H7NO2/c1-2-3-4-5-6-11-21-16-9-7-15-13-17(22-18(19)20)10-8-14(15)12-16;1-3-2-4(7)6-5(3)8/h7-10,12-13H,2-6,11H2,1H3,(H,19,20);3H,2H2,1H3,(H,6,7,8). The van der Waals surface area contributed by atoms with Gasteiger partial charge >= 0.3 is 6.16 Å². The summed E-state index contributed by atoms with van der Waals surface area (Å²) in [5, 5.41) is 12.7. The summed E-state index contributed by atoms with van der Waals surface area (Å²) < 4.78 is 10.4. The predicted molar refractivity (Wildman–Crippen MR) is 114 cm³/mol. The highest BCUT2D eigenvalue weighted by atomic mass is 16.7. The molecule has 0 saturated carbocycles. The van der Waals surface area contributed by atoms with Crippen LogP contribution in [0.15, 0.2) is 36.4 Å². The number of carbonyl (C=O) groups is 3. The largest absolute Gasteiger partial charge is 0.511 e. The quantitative estimate of drug-likeness (QED) is 0.275. The maximum Gasteiger partial charge on any atom is 0.511 e. The van der Waals surface area contributed by atoms with Gasteiger partial charge in [-0.1, -0.05) is 51.7 Å². The summed E-state index contributed by atoms with van der Waals surface area (Å²) in [5.41, 5.74) is 0. The Hall–Kier alpha value is -3.09. The first-order valence-electron chi connectivity index (χ1n) is 10.3. The van der Waals surface area contributed by atoms with Crippen LogP contribution in [0.1, 0.15) is 52.4 Å². The van der Waals surface area contributed by atoms with Crippen LogP contribution in [-0.2, 0) is 9.59 Å². The van der Waals surface area contributed by atoms with E-state index in [4.69, 9.17) is 9.84 Å². The summed E-state index contributed by atoms with van der Waals surface area (Å²) in [5.74, 6) is 0.763. The van der Waals surface area contributed by atoms with Gasteiger partial charge in [0.25, 0.3) is 0 Å². The number of fused-ring (bicyclic) bond motifs is 1. The molecule has 1 fully saturated rings. The Bertz CT molecular complexity index is 879. The number of unbranched alkanes of at least 4 members (excludes halogenated alkanes) is 4. The third-order valence-electron chi connectivity index (χ3n) is 4.71. The average Bonchev–Trinajstić information content (AvgIpc) is 2.99. The van der Waals surface area contributed by atoms with Crippen molar-refractivity contribution < 1.29 is 29.0 Å². The van der Waals surface area contributed by atoms with E-state index >= 15 is 0 Å². The lowest BCUT2D eigenvalue weighted by atomic mass is 10.1. The Morgan fingerprint density at radius 1 is 1.03 bits per heavy atom. The van der Waals surface area contributed by atoms with Crippen LogP contribution in [0, 0.1) is 5.92 Å². The monoisotopic (exact) mass is 415 g/mol. The number of benzene rings is 2. The van der Waals surface area contributed by atoms with Gasteiger partial charge in [-0.05, 0) is 41.5 Å². The molecule has 0 spiro atoms. The number of nitrogens with one attached hydrogen (secondary N) is 1. The second kappa shape index (κ2) is 11.8. The molecule has 0 aliphatic carbocycles. The second-order valence-electron chi connectivity index (χ2n) is 7.32. The molecule has 1 aliphatic heterocycles. The minimum Gasteiger partial charge on any atom is -0.494 e. The van der Waals surface area contributed by atoms with Crippen molar-refractivity contribution in [2.45, 2.75) is 52.4 Å². The van der Waals surface area contributed by atoms with Crippen molar-refractivity contribution in [3.63, 3.8) is 0 Å². The van der Waals surface area contributed by atoms with Crippen LogP contribution in [0.5, 0.6) is 11.5 Å². The summed E-state index contributed by atoms with van der Waals surface area (Å²) >= 11 is 0. The number of carbonyl (C=O) groups excluding carboxylic acids is 2. The summed E-state index contributed by atoms with van der Waals surface area (Å²) in [6, 6.07) is 11.0. The zero-order valence-corrected chi connectivity index (χ0v) is 17.5. The van der Waals surface area contributed by atoms with Crippen molar-refractivity contribution in [2.75, 3.05) is 6.61 Å². The third-order valence-corrected chi connectivity index (χ3v) is 4.71. The van der Waals surface area contributed by atoms with Crippen LogP contribution in [0.3, 0.4) is 0 Å². The number of amides is 2. The minimum absolute atomic E-state index is 0.109. The molecule has 7 nitrogen and oxygen atoms in total. The number of hydrogen-bond donors (Lipinski definition) is 2. The molecule has 2 amide bonds. The molecule has 1 aliphatic rings. The van der Waals surface area contributed by atoms with E-state index in [1.807, 2.05) is 24.3 Å². The summed E-state index contributed by atoms with van der Waals surface area (Å²) in [6.45, 7) is 4.67. The van der Waals surface area contributed by atoms with E-state index in [2.05, 4.69) is 17.0 Å². The molecule has 1 saturated heterocycles. The highest BCUT2D eigenvalue weighted by molar-refractivity contribution is 6.03. The highest BCUT2D eigenvalue weighted by Crippen LogP contribution is 2.25. The Balaban J connectivity index is 0.000000335. The molecule has 30 heavy (non-hydrogen) atoms. The van der Waals surface area contributed by atoms with E-state index < -0.39 is 6.16 Å². The maximum atomic E-state index is 10.5. The van der Waals surface area contributed by atoms with E-state index in [0.717, 1.165) is 29.5 Å². The fourth-order valence-corrected chi connectivity index (χ4v) is 3.03. The molecule has 2 N–H and O–H groups in total. The Labute approximate surface area is 176 Å². The predicted octanol–water partition coefficient (Wildman–Crippen LogP) is 4.91. The molecule has 2 aromatic rings. The van der Waals surface area contributed by atoms with Crippen molar-refractivity contribution >= 4 is 28.7 Å². The molecule has 7 heteroatoms. The zero-order valence-electron chi connectivity index (χ0n) is 17.5. The molecule has 1 heterocycles. The van der Waals surface area contributed by atoms with Crippen LogP contribution >= 0.6 is 0 Å². The van der Waals surface area contributed by atoms with Gasteiger partial charge in [-0.15, -0.1) is 0 Å². The smallest absolute Gasteiger partial charge is 0.494 e. The topological polar surface area (TPSA) is 102 Å². The number of carboxylic acid groups (broad SMARTS) is 1. The van der Waals surface area contributed by atoms with Crippen molar-refractivity contribution in [1.82, 2.24) is 5.32 Å². The van der Waals surface area contributed by atoms with Gasteiger partial charge in [-0.3, -0.25) is 14.9 Å². The van der Waals surface area contributed by atoms with Gasteiger partial charge < -0.3 is 14.6 Å². The first-order valence-corrected chi connectivity index (χ1v) is 10.3. The molecular formula is C23H29NO6. The lowest BCUT2D eigenvalue weighted by molar-refractivity contribution is -0.125. The number of rotatable bonds is 8. The molecule has 0 radical (unpaired) electrons. The van der Waals surface area contributed by atoms with Crippen molar-refractivity contribution in [3.05, 3.63) is 36.4 Å². The van der Waals surface area contributed by atoms with Crippen molar-refractivity contribution in [3.8, 4) is 11.5 Å². The molecule has 2 aromatic carbocycles. The zero-order chi connectivity index (χ0) is 21.9.